The van der Waals surface area contributed by atoms with Gasteiger partial charge < -0.3 is 29.5 Å². The van der Waals surface area contributed by atoms with Crippen LogP contribution < -0.4 is 14.2 Å². The molecular formula is C28H46N4O8S. The van der Waals surface area contributed by atoms with E-state index in [1.807, 2.05) is 23.9 Å². The average molecular weight is 599 g/mol. The molecule has 1 amide bonds. The number of hydrogen-bond acceptors (Lipinski definition) is 9. The minimum absolute atomic E-state index is 0.0152. The number of hydrogen-bond donors (Lipinski definition) is 3. The van der Waals surface area contributed by atoms with Gasteiger partial charge in [-0.3, -0.25) is 14.5 Å². The maximum absolute atomic E-state index is 13.6. The molecule has 0 saturated carbocycles. The first-order valence-electron chi connectivity index (χ1n) is 14.3. The lowest BCUT2D eigenvalue weighted by molar-refractivity contribution is -0.143. The van der Waals surface area contributed by atoms with Crippen LogP contribution in [0.4, 0.5) is 0 Å². The standard InChI is InChI=1S/C28H46N4O8S/c1-5-6-12-31(13-8-7-11-30(2)3)25(34)17-32-16-22(20-14-21(18-33)27-24(15-20)39-19-40-27)26(28(35)36)23(32)9-10-29-41(4,37)38/h14-15,22-23,26,29,33H,5-13,16-19H2,1-4H3,(H,35,36)/t22-,23+,26-/m1/s1. The molecule has 2 aliphatic rings. The van der Waals surface area contributed by atoms with Crippen molar-refractivity contribution in [2.75, 3.05) is 66.4 Å². The Kier molecular flexibility index (Phi) is 12.2. The Morgan fingerprint density at radius 2 is 1.83 bits per heavy atom. The molecule has 0 radical (unpaired) electrons. The number of carbonyl (C=O) groups excluding carboxylic acids is 1. The normalized spacial score (nSPS) is 20.6. The van der Waals surface area contributed by atoms with Crippen LogP contribution >= 0.6 is 0 Å². The first kappa shape index (κ1) is 33.1. The highest BCUT2D eigenvalue weighted by Crippen LogP contribution is 2.44. The summed E-state index contributed by atoms with van der Waals surface area (Å²) in [7, 11) is 0.567. The van der Waals surface area contributed by atoms with Crippen molar-refractivity contribution in [3.63, 3.8) is 0 Å². The van der Waals surface area contributed by atoms with Crippen LogP contribution in [0, 0.1) is 5.92 Å². The molecule has 12 nitrogen and oxygen atoms in total. The number of aliphatic hydroxyl groups excluding tert-OH is 1. The van der Waals surface area contributed by atoms with Crippen LogP contribution in [0.3, 0.4) is 0 Å². The lowest BCUT2D eigenvalue weighted by atomic mass is 9.83. The number of carboxylic acid groups (broad SMARTS) is 1. The van der Waals surface area contributed by atoms with Gasteiger partial charge in [0.05, 0.1) is 25.3 Å². The highest BCUT2D eigenvalue weighted by Gasteiger charge is 2.47. The van der Waals surface area contributed by atoms with Crippen LogP contribution in [0.1, 0.15) is 56.1 Å². The van der Waals surface area contributed by atoms with Crippen LogP contribution in [0.5, 0.6) is 11.5 Å². The molecule has 1 fully saturated rings. The zero-order valence-corrected chi connectivity index (χ0v) is 25.5. The fourth-order valence-corrected chi connectivity index (χ4v) is 6.22. The van der Waals surface area contributed by atoms with E-state index in [4.69, 9.17) is 9.47 Å². The quantitative estimate of drug-likeness (QED) is 0.224. The van der Waals surface area contributed by atoms with Crippen molar-refractivity contribution in [2.24, 2.45) is 5.92 Å². The second kappa shape index (κ2) is 15.1. The van der Waals surface area contributed by atoms with Crippen molar-refractivity contribution < 1.29 is 37.7 Å². The zero-order valence-electron chi connectivity index (χ0n) is 24.7. The predicted molar refractivity (Wildman–Crippen MR) is 154 cm³/mol. The molecular weight excluding hydrogens is 552 g/mol. The number of carbonyl (C=O) groups is 2. The molecule has 232 valence electrons. The minimum atomic E-state index is -3.47. The van der Waals surface area contributed by atoms with Crippen molar-refractivity contribution in [3.8, 4) is 11.5 Å². The number of amides is 1. The van der Waals surface area contributed by atoms with Crippen LogP contribution in [0.25, 0.3) is 0 Å². The summed E-state index contributed by atoms with van der Waals surface area (Å²) < 4.78 is 37.0. The summed E-state index contributed by atoms with van der Waals surface area (Å²) in [5.41, 5.74) is 1.18. The van der Waals surface area contributed by atoms with Gasteiger partial charge in [0.15, 0.2) is 11.5 Å². The van der Waals surface area contributed by atoms with E-state index >= 15 is 0 Å². The fourth-order valence-electron chi connectivity index (χ4n) is 5.74. The number of aliphatic hydroxyl groups is 1. The maximum Gasteiger partial charge on any atom is 0.308 e. The molecule has 0 unspecified atom stereocenters. The molecule has 1 saturated heterocycles. The Labute approximate surface area is 243 Å². The predicted octanol–water partition coefficient (Wildman–Crippen LogP) is 1.29. The number of nitrogens with zero attached hydrogens (tertiary/aromatic N) is 3. The van der Waals surface area contributed by atoms with Gasteiger partial charge in [0.1, 0.15) is 0 Å². The lowest BCUT2D eigenvalue weighted by Crippen LogP contribution is -2.45. The van der Waals surface area contributed by atoms with Crippen molar-refractivity contribution in [1.29, 1.82) is 0 Å². The van der Waals surface area contributed by atoms with Gasteiger partial charge in [-0.2, -0.15) is 0 Å². The van der Waals surface area contributed by atoms with Gasteiger partial charge in [-0.25, -0.2) is 13.1 Å². The number of carboxylic acids is 1. The smallest absolute Gasteiger partial charge is 0.308 e. The first-order chi connectivity index (χ1) is 19.4. The van der Waals surface area contributed by atoms with Crippen molar-refractivity contribution in [3.05, 3.63) is 23.3 Å². The van der Waals surface area contributed by atoms with E-state index in [2.05, 4.69) is 16.5 Å². The number of rotatable bonds is 17. The maximum atomic E-state index is 13.6. The van der Waals surface area contributed by atoms with Crippen LogP contribution in [-0.2, 0) is 26.2 Å². The molecule has 3 rings (SSSR count). The van der Waals surface area contributed by atoms with Crippen molar-refractivity contribution >= 4 is 21.9 Å². The largest absolute Gasteiger partial charge is 0.481 e. The van der Waals surface area contributed by atoms with Gasteiger partial charge in [-0.15, -0.1) is 0 Å². The Bertz CT molecular complexity index is 1150. The topological polar surface area (TPSA) is 149 Å². The first-order valence-corrected chi connectivity index (χ1v) is 16.2. The molecule has 0 aliphatic carbocycles. The number of sulfonamides is 1. The number of likely N-dealkylation sites (tertiary alicyclic amines) is 1. The lowest BCUT2D eigenvalue weighted by Gasteiger charge is -2.30. The summed E-state index contributed by atoms with van der Waals surface area (Å²) in [5, 5.41) is 20.3. The van der Waals surface area contributed by atoms with Gasteiger partial charge in [0, 0.05) is 43.7 Å². The Hall–Kier alpha value is -2.45. The summed E-state index contributed by atoms with van der Waals surface area (Å²) in [5.74, 6) is -1.60. The SMILES string of the molecule is CCCCN(CCCCN(C)C)C(=O)CN1C[C@H](c2cc(CO)c3c(c2)OCO3)[C@@H](C(=O)O)[C@@H]1CCNS(C)(=O)=O. The summed E-state index contributed by atoms with van der Waals surface area (Å²) in [6.07, 6.45) is 4.95. The Morgan fingerprint density at radius 3 is 2.46 bits per heavy atom. The zero-order chi connectivity index (χ0) is 30.2. The van der Waals surface area contributed by atoms with Crippen LogP contribution in [-0.4, -0.2) is 118 Å². The fraction of sp³-hybridized carbons (Fsp3) is 0.714. The average Bonchev–Trinajstić information content (AvgIpc) is 3.51. The highest BCUT2D eigenvalue weighted by molar-refractivity contribution is 7.88. The van der Waals surface area contributed by atoms with Crippen molar-refractivity contribution in [2.45, 2.75) is 57.6 Å². The molecule has 3 N–H and O–H groups in total. The van der Waals surface area contributed by atoms with Crippen LogP contribution in [0.15, 0.2) is 12.1 Å². The van der Waals surface area contributed by atoms with E-state index in [0.717, 1.165) is 38.5 Å². The molecule has 2 heterocycles. The van der Waals surface area contributed by atoms with Gasteiger partial charge in [0.25, 0.3) is 0 Å². The second-order valence-electron chi connectivity index (χ2n) is 11.2. The summed E-state index contributed by atoms with van der Waals surface area (Å²) in [4.78, 5) is 32.2. The third kappa shape index (κ3) is 9.27. The second-order valence-corrected chi connectivity index (χ2v) is 13.1. The molecule has 2 aliphatic heterocycles. The number of benzene rings is 1. The van der Waals surface area contributed by atoms with E-state index in [9.17, 15) is 28.2 Å². The molecule has 0 spiro atoms. The Balaban J connectivity index is 1.87. The van der Waals surface area contributed by atoms with E-state index in [0.29, 0.717) is 42.3 Å². The van der Waals surface area contributed by atoms with Gasteiger partial charge in [0.2, 0.25) is 22.7 Å². The number of ether oxygens (including phenoxy) is 2. The number of aliphatic carboxylic acids is 1. The van der Waals surface area contributed by atoms with Gasteiger partial charge in [-0.1, -0.05) is 13.3 Å². The summed E-state index contributed by atoms with van der Waals surface area (Å²) in [6, 6.07) is 2.90. The summed E-state index contributed by atoms with van der Waals surface area (Å²) >= 11 is 0. The minimum Gasteiger partial charge on any atom is -0.481 e. The van der Waals surface area contributed by atoms with E-state index < -0.39 is 33.9 Å². The molecule has 3 atom stereocenters. The van der Waals surface area contributed by atoms with Crippen molar-refractivity contribution in [1.82, 2.24) is 19.4 Å². The molecule has 1 aromatic rings. The monoisotopic (exact) mass is 598 g/mol. The third-order valence-electron chi connectivity index (χ3n) is 7.76. The highest BCUT2D eigenvalue weighted by atomic mass is 32.2. The van der Waals surface area contributed by atoms with Gasteiger partial charge >= 0.3 is 5.97 Å². The number of nitrogens with one attached hydrogen (secondary N) is 1. The number of fused-ring (bicyclic) bond motifs is 1. The Morgan fingerprint density at radius 1 is 1.12 bits per heavy atom. The van der Waals surface area contributed by atoms with Crippen LogP contribution in [0.2, 0.25) is 0 Å². The number of unbranched alkanes of at least 4 members (excludes halogenated alkanes) is 2. The third-order valence-corrected chi connectivity index (χ3v) is 8.49. The summed E-state index contributed by atoms with van der Waals surface area (Å²) in [6.45, 7) is 4.39. The van der Waals surface area contributed by atoms with E-state index in [1.54, 1.807) is 12.1 Å². The molecule has 0 bridgehead atoms. The molecule has 41 heavy (non-hydrogen) atoms. The van der Waals surface area contributed by atoms with E-state index in [-0.39, 0.29) is 38.8 Å². The van der Waals surface area contributed by atoms with E-state index in [1.165, 1.54) is 0 Å². The van der Waals surface area contributed by atoms with Gasteiger partial charge in [-0.05, 0) is 64.0 Å². The molecule has 1 aromatic carbocycles. The molecule has 0 aromatic heterocycles. The molecule has 13 heteroatoms.